The number of carbonyl (C=O) groups is 1. The quantitative estimate of drug-likeness (QED) is 0.839. The zero-order valence-electron chi connectivity index (χ0n) is 15.5. The van der Waals surface area contributed by atoms with Crippen molar-refractivity contribution in [3.63, 3.8) is 0 Å². The van der Waals surface area contributed by atoms with Crippen molar-refractivity contribution in [1.29, 1.82) is 0 Å². The van der Waals surface area contributed by atoms with Crippen LogP contribution in [0.2, 0.25) is 0 Å². The Hall–Kier alpha value is -2.36. The molecule has 1 aromatic heterocycles. The van der Waals surface area contributed by atoms with Gasteiger partial charge in [-0.2, -0.15) is 0 Å². The number of nitrogens with zero attached hydrogens (tertiary/aromatic N) is 3. The van der Waals surface area contributed by atoms with Crippen LogP contribution in [0.1, 0.15) is 53.6 Å². The fraction of sp³-hybridized carbons (Fsp3) is 0.455. The van der Waals surface area contributed by atoms with Crippen molar-refractivity contribution in [2.24, 2.45) is 0 Å². The lowest BCUT2D eigenvalue weighted by atomic mass is 9.94. The summed E-state index contributed by atoms with van der Waals surface area (Å²) >= 11 is 0. The fourth-order valence-electron chi connectivity index (χ4n) is 4.25. The highest BCUT2D eigenvalue weighted by Gasteiger charge is 2.24. The Bertz CT molecular complexity index is 782. The van der Waals surface area contributed by atoms with E-state index in [1.54, 1.807) is 6.20 Å². The minimum absolute atomic E-state index is 0.123. The van der Waals surface area contributed by atoms with Gasteiger partial charge in [0, 0.05) is 37.9 Å². The third-order valence-electron chi connectivity index (χ3n) is 5.89. The average molecular weight is 349 g/mol. The highest BCUT2D eigenvalue weighted by Crippen LogP contribution is 2.26. The monoisotopic (exact) mass is 349 g/mol. The summed E-state index contributed by atoms with van der Waals surface area (Å²) in [7, 11) is 1.95. The topological polar surface area (TPSA) is 36.4 Å². The Morgan fingerprint density at radius 1 is 1.12 bits per heavy atom. The molecule has 0 bridgehead atoms. The number of aromatic nitrogens is 1. The molecule has 0 spiro atoms. The van der Waals surface area contributed by atoms with Gasteiger partial charge in [-0.15, -0.1) is 0 Å². The molecule has 0 unspecified atom stereocenters. The largest absolute Gasteiger partial charge is 0.352 e. The molecule has 26 heavy (non-hydrogen) atoms. The van der Waals surface area contributed by atoms with Gasteiger partial charge in [0.25, 0.3) is 5.91 Å². The maximum absolute atomic E-state index is 13.0. The van der Waals surface area contributed by atoms with E-state index in [1.165, 1.54) is 30.4 Å². The molecule has 1 aromatic carbocycles. The van der Waals surface area contributed by atoms with E-state index < -0.39 is 0 Å². The van der Waals surface area contributed by atoms with Gasteiger partial charge >= 0.3 is 0 Å². The number of hydrogen-bond acceptors (Lipinski definition) is 3. The van der Waals surface area contributed by atoms with Crippen molar-refractivity contribution in [3.8, 4) is 0 Å². The van der Waals surface area contributed by atoms with Crippen LogP contribution in [-0.4, -0.2) is 35.4 Å². The van der Waals surface area contributed by atoms with Crippen LogP contribution in [0.5, 0.6) is 0 Å². The molecule has 0 saturated heterocycles. The van der Waals surface area contributed by atoms with Gasteiger partial charge < -0.3 is 9.80 Å². The van der Waals surface area contributed by atoms with Crippen molar-refractivity contribution in [3.05, 3.63) is 59.3 Å². The van der Waals surface area contributed by atoms with Gasteiger partial charge in [0.15, 0.2) is 0 Å². The molecule has 1 fully saturated rings. The van der Waals surface area contributed by atoms with Gasteiger partial charge in [-0.3, -0.25) is 4.79 Å². The minimum Gasteiger partial charge on any atom is -0.352 e. The third kappa shape index (κ3) is 3.46. The molecule has 2 heterocycles. The maximum atomic E-state index is 13.0. The van der Waals surface area contributed by atoms with Crippen molar-refractivity contribution in [1.82, 2.24) is 9.88 Å². The molecule has 4 nitrogen and oxygen atoms in total. The molecule has 0 atom stereocenters. The van der Waals surface area contributed by atoms with E-state index in [0.717, 1.165) is 43.7 Å². The molecular formula is C22H27N3O. The van der Waals surface area contributed by atoms with Crippen LogP contribution in [-0.2, 0) is 13.0 Å². The number of carbonyl (C=O) groups excluding carboxylic acids is 1. The second-order valence-corrected chi connectivity index (χ2v) is 7.55. The summed E-state index contributed by atoms with van der Waals surface area (Å²) < 4.78 is 0. The number of pyridine rings is 1. The zero-order chi connectivity index (χ0) is 17.9. The molecule has 0 N–H and O–H groups in total. The zero-order valence-corrected chi connectivity index (χ0v) is 15.5. The molecule has 1 saturated carbocycles. The van der Waals surface area contributed by atoms with E-state index in [-0.39, 0.29) is 5.91 Å². The van der Waals surface area contributed by atoms with Gasteiger partial charge in [0.2, 0.25) is 0 Å². The van der Waals surface area contributed by atoms with E-state index in [0.29, 0.717) is 6.04 Å². The van der Waals surface area contributed by atoms with Crippen LogP contribution in [0.4, 0.5) is 5.82 Å². The highest BCUT2D eigenvalue weighted by molar-refractivity contribution is 5.94. The molecular weight excluding hydrogens is 322 g/mol. The van der Waals surface area contributed by atoms with Gasteiger partial charge in [0.1, 0.15) is 5.82 Å². The standard InChI is InChI=1S/C22H27N3O/c1-24(20-9-3-2-4-10-20)22(26)18-11-13-23-21(15-18)25-14-12-17-7-5-6-8-19(17)16-25/h5-8,11,13,15,20H,2-4,9-10,12,14,16H2,1H3. The SMILES string of the molecule is CN(C(=O)c1ccnc(N2CCc3ccccc3C2)c1)C1CCCCC1. The first-order chi connectivity index (χ1) is 12.7. The molecule has 4 heteroatoms. The highest BCUT2D eigenvalue weighted by atomic mass is 16.2. The van der Waals surface area contributed by atoms with E-state index in [2.05, 4.69) is 34.1 Å². The normalized spacial score (nSPS) is 17.7. The summed E-state index contributed by atoms with van der Waals surface area (Å²) in [4.78, 5) is 21.7. The number of fused-ring (bicyclic) bond motifs is 1. The van der Waals surface area contributed by atoms with Crippen LogP contribution in [0.3, 0.4) is 0 Å². The second-order valence-electron chi connectivity index (χ2n) is 7.55. The molecule has 1 aliphatic heterocycles. The first kappa shape index (κ1) is 17.1. The minimum atomic E-state index is 0.123. The molecule has 0 radical (unpaired) electrons. The summed E-state index contributed by atoms with van der Waals surface area (Å²) in [5, 5.41) is 0. The van der Waals surface area contributed by atoms with Crippen molar-refractivity contribution < 1.29 is 4.79 Å². The predicted molar refractivity (Wildman–Crippen MR) is 104 cm³/mol. The van der Waals surface area contributed by atoms with Crippen LogP contribution < -0.4 is 4.90 Å². The number of rotatable bonds is 3. The average Bonchev–Trinajstić information content (AvgIpc) is 2.73. The molecule has 2 aromatic rings. The van der Waals surface area contributed by atoms with E-state index in [1.807, 2.05) is 24.1 Å². The summed E-state index contributed by atoms with van der Waals surface area (Å²) in [6.07, 6.45) is 8.82. The molecule has 1 amide bonds. The van der Waals surface area contributed by atoms with E-state index in [9.17, 15) is 4.79 Å². The maximum Gasteiger partial charge on any atom is 0.254 e. The molecule has 136 valence electrons. The number of benzene rings is 1. The van der Waals surface area contributed by atoms with Crippen molar-refractivity contribution in [2.75, 3.05) is 18.5 Å². The molecule has 2 aliphatic rings. The van der Waals surface area contributed by atoms with Crippen molar-refractivity contribution >= 4 is 11.7 Å². The van der Waals surface area contributed by atoms with E-state index >= 15 is 0 Å². The lowest BCUT2D eigenvalue weighted by Crippen LogP contribution is -2.38. The fourth-order valence-corrected chi connectivity index (χ4v) is 4.25. The predicted octanol–water partition coefficient (Wildman–Crippen LogP) is 4.05. The third-order valence-corrected chi connectivity index (χ3v) is 5.89. The van der Waals surface area contributed by atoms with Crippen LogP contribution in [0.15, 0.2) is 42.6 Å². The smallest absolute Gasteiger partial charge is 0.254 e. The number of amides is 1. The lowest BCUT2D eigenvalue weighted by molar-refractivity contribution is 0.0696. The van der Waals surface area contributed by atoms with E-state index in [4.69, 9.17) is 0 Å². The molecule has 4 rings (SSSR count). The van der Waals surface area contributed by atoms with Gasteiger partial charge in [-0.25, -0.2) is 4.98 Å². The Morgan fingerprint density at radius 3 is 2.69 bits per heavy atom. The Kier molecular flexibility index (Phi) is 4.91. The van der Waals surface area contributed by atoms with Gasteiger partial charge in [0.05, 0.1) is 0 Å². The summed E-state index contributed by atoms with van der Waals surface area (Å²) in [5.41, 5.74) is 3.53. The first-order valence-electron chi connectivity index (χ1n) is 9.77. The Balaban J connectivity index is 1.51. The second kappa shape index (κ2) is 7.48. The van der Waals surface area contributed by atoms with Gasteiger partial charge in [-0.1, -0.05) is 43.5 Å². The summed E-state index contributed by atoms with van der Waals surface area (Å²) in [5.74, 6) is 1.03. The van der Waals surface area contributed by atoms with Crippen LogP contribution >= 0.6 is 0 Å². The van der Waals surface area contributed by atoms with Crippen LogP contribution in [0, 0.1) is 0 Å². The number of anilines is 1. The summed E-state index contributed by atoms with van der Waals surface area (Å²) in [6.45, 7) is 1.80. The van der Waals surface area contributed by atoms with Crippen molar-refractivity contribution in [2.45, 2.75) is 51.1 Å². The number of hydrogen-bond donors (Lipinski definition) is 0. The molecule has 1 aliphatic carbocycles. The van der Waals surface area contributed by atoms with Crippen LogP contribution in [0.25, 0.3) is 0 Å². The Labute approximate surface area is 155 Å². The first-order valence-corrected chi connectivity index (χ1v) is 9.77. The summed E-state index contributed by atoms with van der Waals surface area (Å²) in [6, 6.07) is 12.8. The lowest BCUT2D eigenvalue weighted by Gasteiger charge is -2.32. The van der Waals surface area contributed by atoms with Gasteiger partial charge in [-0.05, 0) is 42.5 Å². The Morgan fingerprint density at radius 2 is 1.88 bits per heavy atom.